The molecule has 3 N–H and O–H groups in total. The highest BCUT2D eigenvalue weighted by Crippen LogP contribution is 2.41. The highest BCUT2D eigenvalue weighted by Gasteiger charge is 2.46. The first-order chi connectivity index (χ1) is 7.40. The summed E-state index contributed by atoms with van der Waals surface area (Å²) >= 11 is 5.01. The third kappa shape index (κ3) is 2.54. The van der Waals surface area contributed by atoms with Crippen molar-refractivity contribution in [2.45, 2.75) is 40.0 Å². The van der Waals surface area contributed by atoms with Gasteiger partial charge >= 0.3 is 0 Å². The first kappa shape index (κ1) is 13.4. The molecule has 1 fully saturated rings. The van der Waals surface area contributed by atoms with Gasteiger partial charge in [0.2, 0.25) is 5.91 Å². The smallest absolute Gasteiger partial charge is 0.233 e. The number of thiocarbonyl (C=S) groups is 1. The molecule has 1 amide bonds. The summed E-state index contributed by atoms with van der Waals surface area (Å²) in [5.74, 6) is 1.08. The Morgan fingerprint density at radius 3 is 2.31 bits per heavy atom. The second-order valence-corrected chi connectivity index (χ2v) is 5.67. The van der Waals surface area contributed by atoms with Gasteiger partial charge in [0.1, 0.15) is 0 Å². The summed E-state index contributed by atoms with van der Waals surface area (Å²) in [5, 5.41) is 2.98. The van der Waals surface area contributed by atoms with E-state index in [1.165, 1.54) is 0 Å². The topological polar surface area (TPSA) is 55.1 Å². The van der Waals surface area contributed by atoms with Gasteiger partial charge in [-0.3, -0.25) is 4.79 Å². The van der Waals surface area contributed by atoms with Crippen LogP contribution in [0.5, 0.6) is 0 Å². The van der Waals surface area contributed by atoms with Crippen LogP contribution in [0.25, 0.3) is 0 Å². The fourth-order valence-electron chi connectivity index (χ4n) is 1.77. The molecule has 0 aromatic carbocycles. The van der Waals surface area contributed by atoms with E-state index in [4.69, 9.17) is 18.0 Å². The van der Waals surface area contributed by atoms with Gasteiger partial charge in [0.25, 0.3) is 0 Å². The van der Waals surface area contributed by atoms with E-state index in [0.29, 0.717) is 23.4 Å². The van der Waals surface area contributed by atoms with Crippen LogP contribution in [0, 0.1) is 17.3 Å². The third-order valence-corrected chi connectivity index (χ3v) is 4.23. The zero-order valence-electron chi connectivity index (χ0n) is 10.4. The second kappa shape index (κ2) is 5.13. The van der Waals surface area contributed by atoms with E-state index >= 15 is 0 Å². The lowest BCUT2D eigenvalue weighted by Crippen LogP contribution is -2.53. The molecule has 0 aliphatic heterocycles. The van der Waals surface area contributed by atoms with E-state index in [-0.39, 0.29) is 5.91 Å². The predicted molar refractivity (Wildman–Crippen MR) is 70.1 cm³/mol. The molecule has 0 radical (unpaired) electrons. The lowest BCUT2D eigenvalue weighted by molar-refractivity contribution is -0.131. The highest BCUT2D eigenvalue weighted by molar-refractivity contribution is 7.80. The zero-order valence-corrected chi connectivity index (χ0v) is 11.2. The molecule has 92 valence electrons. The Morgan fingerprint density at radius 2 is 2.00 bits per heavy atom. The predicted octanol–water partition coefficient (Wildman–Crippen LogP) is 1.85. The molecular weight excluding hydrogens is 220 g/mol. The van der Waals surface area contributed by atoms with Crippen LogP contribution in [0.15, 0.2) is 0 Å². The minimum Gasteiger partial charge on any atom is -0.392 e. The quantitative estimate of drug-likeness (QED) is 0.723. The normalized spacial score (nSPS) is 20.0. The Labute approximate surface area is 103 Å². The molecule has 1 aliphatic rings. The first-order valence-corrected chi connectivity index (χ1v) is 6.39. The summed E-state index contributed by atoms with van der Waals surface area (Å²) < 4.78 is 0. The van der Waals surface area contributed by atoms with Gasteiger partial charge < -0.3 is 11.1 Å². The molecule has 0 heterocycles. The molecule has 0 aromatic rings. The average Bonchev–Trinajstić information content (AvgIpc) is 2.11. The highest BCUT2D eigenvalue weighted by atomic mass is 32.1. The summed E-state index contributed by atoms with van der Waals surface area (Å²) in [5.41, 5.74) is 5.13. The van der Waals surface area contributed by atoms with Crippen molar-refractivity contribution in [3.63, 3.8) is 0 Å². The van der Waals surface area contributed by atoms with Crippen molar-refractivity contribution in [2.24, 2.45) is 23.0 Å². The molecule has 0 spiro atoms. The number of hydrogen-bond acceptors (Lipinski definition) is 2. The standard InChI is InChI=1S/C12H22N2OS/c1-8(2)9(3)7-14-11(15)12(10(13)16)5-4-6-12/h8-9H,4-7H2,1-3H3,(H2,13,16)(H,14,15). The van der Waals surface area contributed by atoms with Crippen LogP contribution < -0.4 is 11.1 Å². The molecule has 1 saturated carbocycles. The lowest BCUT2D eigenvalue weighted by Gasteiger charge is -2.39. The minimum atomic E-state index is -0.536. The maximum Gasteiger partial charge on any atom is 0.233 e. The lowest BCUT2D eigenvalue weighted by atomic mass is 9.68. The van der Waals surface area contributed by atoms with Crippen LogP contribution in [0.2, 0.25) is 0 Å². The van der Waals surface area contributed by atoms with E-state index < -0.39 is 5.41 Å². The number of nitrogens with two attached hydrogens (primary N) is 1. The Hall–Kier alpha value is -0.640. The van der Waals surface area contributed by atoms with Crippen LogP contribution in [0.1, 0.15) is 40.0 Å². The van der Waals surface area contributed by atoms with Crippen LogP contribution in [0.4, 0.5) is 0 Å². The summed E-state index contributed by atoms with van der Waals surface area (Å²) in [6.45, 7) is 7.16. The van der Waals surface area contributed by atoms with Crippen LogP contribution >= 0.6 is 12.2 Å². The number of hydrogen-bond donors (Lipinski definition) is 2. The Balaban J connectivity index is 2.49. The SMILES string of the molecule is CC(C)C(C)CNC(=O)C1(C(N)=S)CCC1. The Morgan fingerprint density at radius 1 is 1.44 bits per heavy atom. The summed E-state index contributed by atoms with van der Waals surface area (Å²) in [7, 11) is 0. The molecular formula is C12H22N2OS. The molecule has 4 heteroatoms. The molecule has 0 bridgehead atoms. The van der Waals surface area contributed by atoms with Crippen molar-refractivity contribution in [3.8, 4) is 0 Å². The number of nitrogens with one attached hydrogen (secondary N) is 1. The molecule has 3 nitrogen and oxygen atoms in total. The van der Waals surface area contributed by atoms with E-state index in [1.807, 2.05) is 0 Å². The molecule has 16 heavy (non-hydrogen) atoms. The fourth-order valence-corrected chi connectivity index (χ4v) is 2.07. The van der Waals surface area contributed by atoms with Gasteiger partial charge in [-0.1, -0.05) is 39.4 Å². The maximum absolute atomic E-state index is 12.0. The van der Waals surface area contributed by atoms with Gasteiger partial charge in [-0.15, -0.1) is 0 Å². The van der Waals surface area contributed by atoms with Crippen LogP contribution in [-0.4, -0.2) is 17.4 Å². The summed E-state index contributed by atoms with van der Waals surface area (Å²) in [6.07, 6.45) is 2.67. The van der Waals surface area contributed by atoms with E-state index in [9.17, 15) is 4.79 Å². The zero-order chi connectivity index (χ0) is 12.3. The van der Waals surface area contributed by atoms with Gasteiger partial charge in [0.05, 0.1) is 10.4 Å². The van der Waals surface area contributed by atoms with Gasteiger partial charge in [0.15, 0.2) is 0 Å². The molecule has 0 saturated heterocycles. The van der Waals surface area contributed by atoms with Gasteiger partial charge in [-0.2, -0.15) is 0 Å². The fraction of sp³-hybridized carbons (Fsp3) is 0.833. The molecule has 1 rings (SSSR count). The van der Waals surface area contributed by atoms with Crippen molar-refractivity contribution in [1.82, 2.24) is 5.32 Å². The number of carbonyl (C=O) groups excluding carboxylic acids is 1. The van der Waals surface area contributed by atoms with Crippen LogP contribution in [0.3, 0.4) is 0 Å². The van der Waals surface area contributed by atoms with Gasteiger partial charge in [-0.05, 0) is 24.7 Å². The first-order valence-electron chi connectivity index (χ1n) is 5.98. The molecule has 1 unspecified atom stereocenters. The largest absolute Gasteiger partial charge is 0.392 e. The molecule has 1 aliphatic carbocycles. The van der Waals surface area contributed by atoms with Crippen molar-refractivity contribution in [3.05, 3.63) is 0 Å². The number of rotatable bonds is 5. The van der Waals surface area contributed by atoms with Crippen LogP contribution in [-0.2, 0) is 4.79 Å². The van der Waals surface area contributed by atoms with Crippen molar-refractivity contribution >= 4 is 23.1 Å². The minimum absolute atomic E-state index is 0.0266. The number of amides is 1. The molecule has 0 aromatic heterocycles. The van der Waals surface area contributed by atoms with Crippen molar-refractivity contribution in [1.29, 1.82) is 0 Å². The summed E-state index contributed by atoms with van der Waals surface area (Å²) in [4.78, 5) is 12.4. The van der Waals surface area contributed by atoms with E-state index in [0.717, 1.165) is 19.3 Å². The number of carbonyl (C=O) groups is 1. The third-order valence-electron chi connectivity index (χ3n) is 3.84. The van der Waals surface area contributed by atoms with Gasteiger partial charge in [-0.25, -0.2) is 0 Å². The van der Waals surface area contributed by atoms with E-state index in [2.05, 4.69) is 26.1 Å². The van der Waals surface area contributed by atoms with Crippen molar-refractivity contribution < 1.29 is 4.79 Å². The van der Waals surface area contributed by atoms with E-state index in [1.54, 1.807) is 0 Å². The van der Waals surface area contributed by atoms with Gasteiger partial charge in [0, 0.05) is 6.54 Å². The molecule has 1 atom stereocenters. The average molecular weight is 242 g/mol. The summed E-state index contributed by atoms with van der Waals surface area (Å²) in [6, 6.07) is 0. The Bertz CT molecular complexity index is 285. The van der Waals surface area contributed by atoms with Crippen molar-refractivity contribution in [2.75, 3.05) is 6.54 Å². The second-order valence-electron chi connectivity index (χ2n) is 5.23. The maximum atomic E-state index is 12.0. The monoisotopic (exact) mass is 242 g/mol. The Kier molecular flexibility index (Phi) is 4.30.